The summed E-state index contributed by atoms with van der Waals surface area (Å²) < 4.78 is 23.7. The predicted octanol–water partition coefficient (Wildman–Crippen LogP) is 2.74. The monoisotopic (exact) mass is 394 g/mol. The van der Waals surface area contributed by atoms with Crippen LogP contribution in [-0.4, -0.2) is 60.2 Å². The molecule has 1 aliphatic rings. The quantitative estimate of drug-likeness (QED) is 0.776. The maximum atomic E-state index is 13.2. The van der Waals surface area contributed by atoms with Crippen molar-refractivity contribution < 1.29 is 18.7 Å². The molecule has 0 N–H and O–H groups in total. The first-order valence-electron chi connectivity index (χ1n) is 8.46. The fourth-order valence-electron chi connectivity index (χ4n) is 2.97. The SMILES string of the molecule is COCC(=O)N1CCN(c2cc(Oc3ccc(F)cc3Cl)ncn2)C[C@@H]1C. The number of hydrogen-bond acceptors (Lipinski definition) is 6. The van der Waals surface area contributed by atoms with Crippen LogP contribution in [0.2, 0.25) is 5.02 Å². The van der Waals surface area contributed by atoms with Crippen molar-refractivity contribution in [2.75, 3.05) is 38.3 Å². The second-order valence-corrected chi connectivity index (χ2v) is 6.61. The number of hydrogen-bond donors (Lipinski definition) is 0. The van der Waals surface area contributed by atoms with E-state index in [1.54, 1.807) is 11.0 Å². The number of rotatable bonds is 5. The number of halogens is 2. The number of methoxy groups -OCH3 is 1. The highest BCUT2D eigenvalue weighted by Gasteiger charge is 2.28. The van der Waals surface area contributed by atoms with Gasteiger partial charge in [-0.25, -0.2) is 14.4 Å². The minimum atomic E-state index is -0.439. The zero-order valence-electron chi connectivity index (χ0n) is 15.1. The van der Waals surface area contributed by atoms with E-state index in [0.29, 0.717) is 37.1 Å². The molecule has 27 heavy (non-hydrogen) atoms. The molecule has 1 amide bonds. The van der Waals surface area contributed by atoms with Crippen LogP contribution in [0.15, 0.2) is 30.6 Å². The summed E-state index contributed by atoms with van der Waals surface area (Å²) in [5, 5.41) is 0.161. The summed E-state index contributed by atoms with van der Waals surface area (Å²) in [6.45, 7) is 3.90. The molecule has 1 aromatic heterocycles. The van der Waals surface area contributed by atoms with E-state index < -0.39 is 5.82 Å². The molecule has 144 valence electrons. The Hall–Kier alpha value is -2.45. The van der Waals surface area contributed by atoms with Crippen molar-refractivity contribution in [1.29, 1.82) is 0 Å². The van der Waals surface area contributed by atoms with Crippen LogP contribution in [0.1, 0.15) is 6.92 Å². The molecule has 1 aliphatic heterocycles. The minimum Gasteiger partial charge on any atom is -0.437 e. The second-order valence-electron chi connectivity index (χ2n) is 6.21. The van der Waals surface area contributed by atoms with Gasteiger partial charge in [0.1, 0.15) is 30.3 Å². The van der Waals surface area contributed by atoms with Crippen LogP contribution in [0, 0.1) is 5.82 Å². The standard InChI is InChI=1S/C18H20ClFN4O3/c1-12-9-23(5-6-24(12)18(25)10-26-2)16-8-17(22-11-21-16)27-15-4-3-13(20)7-14(15)19/h3-4,7-8,11-12H,5-6,9-10H2,1-2H3/t12-/m0/s1. The van der Waals surface area contributed by atoms with Crippen LogP contribution >= 0.6 is 11.6 Å². The summed E-state index contributed by atoms with van der Waals surface area (Å²) in [4.78, 5) is 24.3. The number of benzene rings is 1. The van der Waals surface area contributed by atoms with Crippen LogP contribution in [0.3, 0.4) is 0 Å². The van der Waals surface area contributed by atoms with Gasteiger partial charge < -0.3 is 19.3 Å². The molecule has 0 radical (unpaired) electrons. The number of amides is 1. The highest BCUT2D eigenvalue weighted by Crippen LogP contribution is 2.30. The van der Waals surface area contributed by atoms with Gasteiger partial charge in [0.25, 0.3) is 0 Å². The van der Waals surface area contributed by atoms with Crippen LogP contribution in [-0.2, 0) is 9.53 Å². The van der Waals surface area contributed by atoms with Gasteiger partial charge in [0.05, 0.1) is 5.02 Å². The van der Waals surface area contributed by atoms with Gasteiger partial charge in [-0.15, -0.1) is 0 Å². The zero-order chi connectivity index (χ0) is 19.4. The lowest BCUT2D eigenvalue weighted by molar-refractivity contribution is -0.137. The Morgan fingerprint density at radius 1 is 1.33 bits per heavy atom. The van der Waals surface area contributed by atoms with Gasteiger partial charge in [-0.05, 0) is 25.1 Å². The third-order valence-corrected chi connectivity index (χ3v) is 4.57. The van der Waals surface area contributed by atoms with Crippen molar-refractivity contribution in [1.82, 2.24) is 14.9 Å². The van der Waals surface area contributed by atoms with E-state index in [9.17, 15) is 9.18 Å². The van der Waals surface area contributed by atoms with Crippen molar-refractivity contribution >= 4 is 23.3 Å². The average molecular weight is 395 g/mol. The smallest absolute Gasteiger partial charge is 0.248 e. The lowest BCUT2D eigenvalue weighted by Crippen LogP contribution is -2.55. The normalized spacial score (nSPS) is 17.1. The van der Waals surface area contributed by atoms with E-state index in [-0.39, 0.29) is 23.6 Å². The van der Waals surface area contributed by atoms with Crippen LogP contribution in [0.5, 0.6) is 11.6 Å². The number of ether oxygens (including phenoxy) is 2. The summed E-state index contributed by atoms with van der Waals surface area (Å²) >= 11 is 5.99. The molecule has 0 spiro atoms. The fourth-order valence-corrected chi connectivity index (χ4v) is 3.18. The summed E-state index contributed by atoms with van der Waals surface area (Å²) in [5.74, 6) is 0.835. The maximum absolute atomic E-state index is 13.2. The largest absolute Gasteiger partial charge is 0.437 e. The van der Waals surface area contributed by atoms with Gasteiger partial charge in [0, 0.05) is 38.9 Å². The van der Waals surface area contributed by atoms with Crippen molar-refractivity contribution in [2.24, 2.45) is 0 Å². The molecule has 1 atom stereocenters. The third kappa shape index (κ3) is 4.64. The number of carbonyl (C=O) groups excluding carboxylic acids is 1. The van der Waals surface area contributed by atoms with Crippen LogP contribution < -0.4 is 9.64 Å². The molecule has 2 aromatic rings. The molecular formula is C18H20ClFN4O3. The molecule has 1 aromatic carbocycles. The van der Waals surface area contributed by atoms with Crippen molar-refractivity contribution in [2.45, 2.75) is 13.0 Å². The van der Waals surface area contributed by atoms with E-state index in [1.807, 2.05) is 6.92 Å². The first-order chi connectivity index (χ1) is 13.0. The average Bonchev–Trinajstić information content (AvgIpc) is 2.64. The van der Waals surface area contributed by atoms with Crippen LogP contribution in [0.25, 0.3) is 0 Å². The summed E-state index contributed by atoms with van der Waals surface area (Å²) in [7, 11) is 1.51. The Balaban J connectivity index is 1.70. The van der Waals surface area contributed by atoms with E-state index in [0.717, 1.165) is 0 Å². The Bertz CT molecular complexity index is 823. The first kappa shape index (κ1) is 19.3. The first-order valence-corrected chi connectivity index (χ1v) is 8.84. The zero-order valence-corrected chi connectivity index (χ0v) is 15.8. The Kier molecular flexibility index (Phi) is 6.08. The Morgan fingerprint density at radius 3 is 2.85 bits per heavy atom. The molecule has 1 fully saturated rings. The summed E-state index contributed by atoms with van der Waals surface area (Å²) in [6, 6.07) is 5.60. The predicted molar refractivity (Wildman–Crippen MR) is 98.8 cm³/mol. The Labute approximate surface area is 161 Å². The number of anilines is 1. The van der Waals surface area contributed by atoms with Crippen LogP contribution in [0.4, 0.5) is 10.2 Å². The highest BCUT2D eigenvalue weighted by molar-refractivity contribution is 6.32. The van der Waals surface area contributed by atoms with Gasteiger partial charge >= 0.3 is 0 Å². The maximum Gasteiger partial charge on any atom is 0.248 e. The van der Waals surface area contributed by atoms with E-state index in [2.05, 4.69) is 14.9 Å². The van der Waals surface area contributed by atoms with Gasteiger partial charge in [0.2, 0.25) is 11.8 Å². The van der Waals surface area contributed by atoms with Gasteiger partial charge in [-0.3, -0.25) is 4.79 Å². The molecule has 7 nitrogen and oxygen atoms in total. The van der Waals surface area contributed by atoms with Gasteiger partial charge in [-0.2, -0.15) is 0 Å². The molecule has 2 heterocycles. The van der Waals surface area contributed by atoms with E-state index in [1.165, 1.54) is 31.6 Å². The van der Waals surface area contributed by atoms with E-state index >= 15 is 0 Å². The fraction of sp³-hybridized carbons (Fsp3) is 0.389. The lowest BCUT2D eigenvalue weighted by Gasteiger charge is -2.40. The molecular weight excluding hydrogens is 375 g/mol. The van der Waals surface area contributed by atoms with Gasteiger partial charge in [0.15, 0.2) is 0 Å². The number of carbonyl (C=O) groups is 1. The van der Waals surface area contributed by atoms with Gasteiger partial charge in [-0.1, -0.05) is 11.6 Å². The lowest BCUT2D eigenvalue weighted by atomic mass is 10.2. The molecule has 9 heteroatoms. The minimum absolute atomic E-state index is 0.0206. The molecule has 0 bridgehead atoms. The second kappa shape index (κ2) is 8.49. The molecule has 3 rings (SSSR count). The summed E-state index contributed by atoms with van der Waals surface area (Å²) in [5.41, 5.74) is 0. The number of piperazine rings is 1. The molecule has 1 saturated heterocycles. The molecule has 0 aliphatic carbocycles. The summed E-state index contributed by atoms with van der Waals surface area (Å²) in [6.07, 6.45) is 1.40. The number of nitrogens with zero attached hydrogens (tertiary/aromatic N) is 4. The van der Waals surface area contributed by atoms with Crippen molar-refractivity contribution in [3.63, 3.8) is 0 Å². The topological polar surface area (TPSA) is 67.8 Å². The molecule has 0 unspecified atom stereocenters. The number of aromatic nitrogens is 2. The third-order valence-electron chi connectivity index (χ3n) is 4.28. The molecule has 0 saturated carbocycles. The van der Waals surface area contributed by atoms with E-state index in [4.69, 9.17) is 21.1 Å². The highest BCUT2D eigenvalue weighted by atomic mass is 35.5. The van der Waals surface area contributed by atoms with Crippen molar-refractivity contribution in [3.05, 3.63) is 41.4 Å². The Morgan fingerprint density at radius 2 is 2.15 bits per heavy atom. The van der Waals surface area contributed by atoms with Crippen molar-refractivity contribution in [3.8, 4) is 11.6 Å².